The van der Waals surface area contributed by atoms with Crippen molar-refractivity contribution in [1.29, 1.82) is 0 Å². The summed E-state index contributed by atoms with van der Waals surface area (Å²) in [6, 6.07) is 0.0488. The first-order valence-electron chi connectivity index (χ1n) is 9.27. The molecule has 2 unspecified atom stereocenters. The van der Waals surface area contributed by atoms with Crippen LogP contribution in [0.3, 0.4) is 0 Å². The number of amides is 3. The van der Waals surface area contributed by atoms with Crippen molar-refractivity contribution in [3.05, 3.63) is 0 Å². The first-order valence-corrected chi connectivity index (χ1v) is 9.27. The smallest absolute Gasteiger partial charge is 0.324 e. The molecule has 25 heavy (non-hydrogen) atoms. The van der Waals surface area contributed by atoms with E-state index in [9.17, 15) is 9.59 Å². The van der Waals surface area contributed by atoms with Gasteiger partial charge < -0.3 is 20.7 Å². The minimum absolute atomic E-state index is 0.0925. The Labute approximate surface area is 148 Å². The molecule has 8 heteroatoms. The molecule has 0 bridgehead atoms. The average Bonchev–Trinajstić information content (AvgIpc) is 3.23. The molecular formula is C17H29N5O3. The fourth-order valence-electron chi connectivity index (χ4n) is 4.42. The summed E-state index contributed by atoms with van der Waals surface area (Å²) in [7, 11) is 1.74. The van der Waals surface area contributed by atoms with Gasteiger partial charge in [0.25, 0.3) is 0 Å². The Hall–Kier alpha value is -1.83. The van der Waals surface area contributed by atoms with E-state index in [1.54, 1.807) is 7.05 Å². The Morgan fingerprint density at radius 1 is 1.40 bits per heavy atom. The predicted molar refractivity (Wildman–Crippen MR) is 94.3 cm³/mol. The summed E-state index contributed by atoms with van der Waals surface area (Å²) < 4.78 is 5.94. The van der Waals surface area contributed by atoms with Gasteiger partial charge in [0.05, 0.1) is 12.6 Å². The topological polar surface area (TPSA) is 95.1 Å². The van der Waals surface area contributed by atoms with Crippen LogP contribution in [0.5, 0.6) is 0 Å². The van der Waals surface area contributed by atoms with Gasteiger partial charge in [-0.25, -0.2) is 4.79 Å². The highest BCUT2D eigenvalue weighted by atomic mass is 16.5. The molecule has 0 radical (unpaired) electrons. The lowest BCUT2D eigenvalue weighted by Gasteiger charge is -2.54. The number of nitrogens with one attached hydrogen (secondary N) is 3. The lowest BCUT2D eigenvalue weighted by atomic mass is 9.60. The van der Waals surface area contributed by atoms with E-state index in [-0.39, 0.29) is 23.9 Å². The van der Waals surface area contributed by atoms with Gasteiger partial charge in [-0.1, -0.05) is 12.8 Å². The lowest BCUT2D eigenvalue weighted by molar-refractivity contribution is -0.126. The minimum atomic E-state index is -0.321. The van der Waals surface area contributed by atoms with Crippen molar-refractivity contribution in [1.82, 2.24) is 20.9 Å². The molecule has 3 N–H and O–H groups in total. The van der Waals surface area contributed by atoms with E-state index in [1.807, 2.05) is 0 Å². The zero-order chi connectivity index (χ0) is 17.9. The molecule has 1 aliphatic heterocycles. The van der Waals surface area contributed by atoms with Crippen LogP contribution in [0.1, 0.15) is 39.0 Å². The van der Waals surface area contributed by atoms with Crippen molar-refractivity contribution in [2.75, 3.05) is 33.3 Å². The number of hydrogen-bond donors (Lipinski definition) is 3. The van der Waals surface area contributed by atoms with Gasteiger partial charge in [-0.15, -0.1) is 0 Å². The number of imide groups is 1. The predicted octanol–water partition coefficient (Wildman–Crippen LogP) is 0.441. The highest BCUT2D eigenvalue weighted by Gasteiger charge is 2.56. The minimum Gasteiger partial charge on any atom is -0.378 e. The van der Waals surface area contributed by atoms with E-state index in [0.29, 0.717) is 25.2 Å². The molecule has 2 atom stereocenters. The highest BCUT2D eigenvalue weighted by molar-refractivity contribution is 6.01. The molecule has 1 spiro atoms. The van der Waals surface area contributed by atoms with E-state index in [2.05, 4.69) is 27.9 Å². The second kappa shape index (κ2) is 7.59. The van der Waals surface area contributed by atoms with Crippen LogP contribution in [0.25, 0.3) is 0 Å². The summed E-state index contributed by atoms with van der Waals surface area (Å²) in [5, 5.41) is 9.26. The molecule has 2 aliphatic carbocycles. The fourth-order valence-corrected chi connectivity index (χ4v) is 4.42. The number of ether oxygens (including phenoxy) is 1. The van der Waals surface area contributed by atoms with Crippen LogP contribution in [0.4, 0.5) is 4.79 Å². The molecule has 0 aromatic rings. The second-order valence-corrected chi connectivity index (χ2v) is 7.02. The van der Waals surface area contributed by atoms with Crippen molar-refractivity contribution in [2.24, 2.45) is 10.4 Å². The van der Waals surface area contributed by atoms with Gasteiger partial charge in [0, 0.05) is 38.2 Å². The first kappa shape index (κ1) is 18.0. The summed E-state index contributed by atoms with van der Waals surface area (Å²) in [5.74, 6) is 0.538. The summed E-state index contributed by atoms with van der Waals surface area (Å²) in [5.41, 5.74) is 0.235. The molecule has 3 amide bonds. The van der Waals surface area contributed by atoms with Gasteiger partial charge in [-0.2, -0.15) is 0 Å². The number of urea groups is 1. The Bertz CT molecular complexity index is 528. The maximum absolute atomic E-state index is 11.6. The highest BCUT2D eigenvalue weighted by Crippen LogP contribution is 2.54. The van der Waals surface area contributed by atoms with Crippen molar-refractivity contribution in [3.63, 3.8) is 0 Å². The summed E-state index contributed by atoms with van der Waals surface area (Å²) in [4.78, 5) is 28.6. The summed E-state index contributed by atoms with van der Waals surface area (Å²) in [6.07, 6.45) is 6.28. The van der Waals surface area contributed by atoms with Gasteiger partial charge >= 0.3 is 6.03 Å². The number of aliphatic imine (C=N–C) groups is 1. The third-order valence-electron chi connectivity index (χ3n) is 5.79. The summed E-state index contributed by atoms with van der Waals surface area (Å²) in [6.45, 7) is 3.73. The SMILES string of the molecule is CCOC1CC(NC(=NC)NCCN2C(=O)CNC2=O)C12CCCC2. The molecule has 140 valence electrons. The molecule has 0 aromatic heterocycles. The molecular weight excluding hydrogens is 322 g/mol. The third kappa shape index (κ3) is 3.44. The average molecular weight is 351 g/mol. The molecule has 8 nitrogen and oxygen atoms in total. The Morgan fingerprint density at radius 2 is 2.16 bits per heavy atom. The normalized spacial score (nSPS) is 28.2. The quantitative estimate of drug-likeness (QED) is 0.367. The number of guanidine groups is 1. The Balaban J connectivity index is 1.49. The molecule has 0 aromatic carbocycles. The van der Waals surface area contributed by atoms with Gasteiger partial charge in [-0.3, -0.25) is 14.7 Å². The zero-order valence-corrected chi connectivity index (χ0v) is 15.1. The zero-order valence-electron chi connectivity index (χ0n) is 15.1. The van der Waals surface area contributed by atoms with Gasteiger partial charge in [0.2, 0.25) is 5.91 Å². The van der Waals surface area contributed by atoms with Crippen LogP contribution in [-0.4, -0.2) is 68.2 Å². The van der Waals surface area contributed by atoms with Crippen molar-refractivity contribution in [3.8, 4) is 0 Å². The maximum atomic E-state index is 11.6. The Kier molecular flexibility index (Phi) is 5.46. The van der Waals surface area contributed by atoms with Crippen LogP contribution in [0, 0.1) is 5.41 Å². The fraction of sp³-hybridized carbons (Fsp3) is 0.824. The van der Waals surface area contributed by atoms with E-state index < -0.39 is 0 Å². The standard InChI is InChI=1S/C17H29N5O3/c1-3-25-13-10-12(17(13)6-4-5-7-17)21-15(18-2)19-8-9-22-14(23)11-20-16(22)24/h12-13H,3-11H2,1-2H3,(H,20,24)(H2,18,19,21). The van der Waals surface area contributed by atoms with E-state index in [1.165, 1.54) is 30.6 Å². The molecule has 1 saturated heterocycles. The van der Waals surface area contributed by atoms with E-state index >= 15 is 0 Å². The van der Waals surface area contributed by atoms with Gasteiger partial charge in [0.1, 0.15) is 0 Å². The summed E-state index contributed by atoms with van der Waals surface area (Å²) >= 11 is 0. The first-order chi connectivity index (χ1) is 12.1. The number of rotatable bonds is 6. The molecule has 3 fully saturated rings. The van der Waals surface area contributed by atoms with Crippen LogP contribution < -0.4 is 16.0 Å². The monoisotopic (exact) mass is 351 g/mol. The maximum Gasteiger partial charge on any atom is 0.324 e. The van der Waals surface area contributed by atoms with E-state index in [0.717, 1.165) is 19.0 Å². The van der Waals surface area contributed by atoms with Crippen molar-refractivity contribution < 1.29 is 14.3 Å². The number of nitrogens with zero attached hydrogens (tertiary/aromatic N) is 2. The van der Waals surface area contributed by atoms with Crippen molar-refractivity contribution in [2.45, 2.75) is 51.2 Å². The van der Waals surface area contributed by atoms with Crippen LogP contribution >= 0.6 is 0 Å². The van der Waals surface area contributed by atoms with Gasteiger partial charge in [0.15, 0.2) is 5.96 Å². The molecule has 3 aliphatic rings. The molecule has 3 rings (SSSR count). The van der Waals surface area contributed by atoms with Crippen LogP contribution in [0.15, 0.2) is 4.99 Å². The lowest BCUT2D eigenvalue weighted by Crippen LogP contribution is -2.65. The number of hydrogen-bond acceptors (Lipinski definition) is 4. The van der Waals surface area contributed by atoms with Gasteiger partial charge in [-0.05, 0) is 26.2 Å². The Morgan fingerprint density at radius 3 is 2.76 bits per heavy atom. The third-order valence-corrected chi connectivity index (χ3v) is 5.79. The largest absolute Gasteiger partial charge is 0.378 e. The van der Waals surface area contributed by atoms with Crippen molar-refractivity contribution >= 4 is 17.9 Å². The molecule has 2 saturated carbocycles. The van der Waals surface area contributed by atoms with E-state index in [4.69, 9.17) is 4.74 Å². The molecule has 1 heterocycles. The number of carbonyl (C=O) groups is 2. The van der Waals surface area contributed by atoms with Crippen LogP contribution in [0.2, 0.25) is 0 Å². The second-order valence-electron chi connectivity index (χ2n) is 7.02. The number of carbonyl (C=O) groups excluding carboxylic acids is 2. The van der Waals surface area contributed by atoms with Crippen LogP contribution in [-0.2, 0) is 9.53 Å².